The van der Waals surface area contributed by atoms with Gasteiger partial charge in [0.25, 0.3) is 0 Å². The molecule has 0 bridgehead atoms. The van der Waals surface area contributed by atoms with Gasteiger partial charge >= 0.3 is 0 Å². The zero-order valence-corrected chi connectivity index (χ0v) is 10.2. The molecule has 0 radical (unpaired) electrons. The maximum absolute atomic E-state index is 5.80. The lowest BCUT2D eigenvalue weighted by atomic mass is 10.3. The van der Waals surface area contributed by atoms with Crippen molar-refractivity contribution in [1.82, 2.24) is 10.3 Å². The van der Waals surface area contributed by atoms with Crippen molar-refractivity contribution in [2.24, 2.45) is 0 Å². The van der Waals surface area contributed by atoms with Crippen molar-refractivity contribution >= 4 is 11.6 Å². The maximum atomic E-state index is 5.80. The molecule has 2 aromatic heterocycles. The second-order valence-corrected chi connectivity index (χ2v) is 4.02. The lowest BCUT2D eigenvalue weighted by molar-refractivity contribution is 0.269. The Morgan fingerprint density at radius 1 is 1.41 bits per heavy atom. The number of furan rings is 1. The summed E-state index contributed by atoms with van der Waals surface area (Å²) in [4.78, 5) is 3.93. The fourth-order valence-electron chi connectivity index (χ4n) is 1.42. The van der Waals surface area contributed by atoms with E-state index in [9.17, 15) is 0 Å². The zero-order valence-electron chi connectivity index (χ0n) is 9.44. The van der Waals surface area contributed by atoms with Gasteiger partial charge in [0.15, 0.2) is 0 Å². The molecule has 0 aliphatic heterocycles. The number of ether oxygens (including phenoxy) is 1. The topological polar surface area (TPSA) is 47.3 Å². The SMILES string of the molecule is CNCc1coc(COc2cncc(Cl)c2)c1. The first-order valence-electron chi connectivity index (χ1n) is 5.22. The monoisotopic (exact) mass is 252 g/mol. The molecule has 0 aliphatic carbocycles. The maximum Gasteiger partial charge on any atom is 0.146 e. The van der Waals surface area contributed by atoms with Gasteiger partial charge in [-0.25, -0.2) is 0 Å². The molecule has 0 fully saturated rings. The van der Waals surface area contributed by atoms with Crippen LogP contribution < -0.4 is 10.1 Å². The van der Waals surface area contributed by atoms with Crippen molar-refractivity contribution in [2.45, 2.75) is 13.2 Å². The smallest absolute Gasteiger partial charge is 0.146 e. The van der Waals surface area contributed by atoms with E-state index in [2.05, 4.69) is 10.3 Å². The quantitative estimate of drug-likeness (QED) is 0.889. The zero-order chi connectivity index (χ0) is 12.1. The summed E-state index contributed by atoms with van der Waals surface area (Å²) in [5.74, 6) is 1.40. The van der Waals surface area contributed by atoms with Gasteiger partial charge in [-0.3, -0.25) is 4.98 Å². The number of hydrogen-bond acceptors (Lipinski definition) is 4. The Kier molecular flexibility index (Phi) is 4.01. The van der Waals surface area contributed by atoms with Gasteiger partial charge in [0.2, 0.25) is 0 Å². The Balaban J connectivity index is 1.93. The van der Waals surface area contributed by atoms with Crippen molar-refractivity contribution in [3.63, 3.8) is 0 Å². The van der Waals surface area contributed by atoms with Gasteiger partial charge in [0.1, 0.15) is 18.1 Å². The molecule has 0 unspecified atom stereocenters. The summed E-state index contributed by atoms with van der Waals surface area (Å²) in [6.45, 7) is 1.15. The number of halogens is 1. The molecular formula is C12H13ClN2O2. The van der Waals surface area contributed by atoms with Gasteiger partial charge in [-0.15, -0.1) is 0 Å². The fourth-order valence-corrected chi connectivity index (χ4v) is 1.59. The first kappa shape index (κ1) is 12.0. The molecule has 0 saturated carbocycles. The molecule has 0 atom stereocenters. The predicted octanol–water partition coefficient (Wildman–Crippen LogP) is 2.63. The largest absolute Gasteiger partial charge is 0.484 e. The Morgan fingerprint density at radius 3 is 3.06 bits per heavy atom. The third-order valence-corrected chi connectivity index (χ3v) is 2.36. The second kappa shape index (κ2) is 5.70. The van der Waals surface area contributed by atoms with E-state index in [1.165, 1.54) is 0 Å². The van der Waals surface area contributed by atoms with Crippen molar-refractivity contribution in [3.8, 4) is 5.75 Å². The third kappa shape index (κ3) is 3.47. The standard InChI is InChI=1S/C12H13ClN2O2/c1-14-4-9-2-12(16-7-9)8-17-11-3-10(13)5-15-6-11/h2-3,5-7,14H,4,8H2,1H3. The second-order valence-electron chi connectivity index (χ2n) is 3.58. The normalized spacial score (nSPS) is 10.5. The summed E-state index contributed by atoms with van der Waals surface area (Å²) < 4.78 is 10.9. The third-order valence-electron chi connectivity index (χ3n) is 2.15. The minimum atomic E-state index is 0.367. The molecule has 17 heavy (non-hydrogen) atoms. The van der Waals surface area contributed by atoms with Crippen LogP contribution in [0.3, 0.4) is 0 Å². The van der Waals surface area contributed by atoms with Gasteiger partial charge in [0, 0.05) is 24.4 Å². The lowest BCUT2D eigenvalue weighted by Crippen LogP contribution is -2.03. The summed E-state index contributed by atoms with van der Waals surface area (Å²) in [5, 5.41) is 3.60. The van der Waals surface area contributed by atoms with Gasteiger partial charge in [-0.2, -0.15) is 0 Å². The molecular weight excluding hydrogens is 240 g/mol. The predicted molar refractivity (Wildman–Crippen MR) is 65.1 cm³/mol. The highest BCUT2D eigenvalue weighted by Crippen LogP contribution is 2.17. The minimum absolute atomic E-state index is 0.367. The molecule has 2 aromatic rings. The van der Waals surface area contributed by atoms with Crippen LogP contribution in [0.15, 0.2) is 35.2 Å². The Labute approximate surface area is 105 Å². The van der Waals surface area contributed by atoms with E-state index in [0.29, 0.717) is 17.4 Å². The summed E-state index contributed by atoms with van der Waals surface area (Å²) in [5.41, 5.74) is 1.09. The summed E-state index contributed by atoms with van der Waals surface area (Å²) in [6.07, 6.45) is 4.89. The highest BCUT2D eigenvalue weighted by atomic mass is 35.5. The molecule has 0 saturated heterocycles. The lowest BCUT2D eigenvalue weighted by Gasteiger charge is -2.03. The van der Waals surface area contributed by atoms with Crippen molar-refractivity contribution < 1.29 is 9.15 Å². The molecule has 5 heteroatoms. The molecule has 0 aromatic carbocycles. The van der Waals surface area contributed by atoms with Crippen molar-refractivity contribution in [1.29, 1.82) is 0 Å². The van der Waals surface area contributed by atoms with Gasteiger partial charge in [0.05, 0.1) is 17.5 Å². The molecule has 2 rings (SSSR count). The molecule has 0 amide bonds. The number of rotatable bonds is 5. The molecule has 2 heterocycles. The van der Waals surface area contributed by atoms with E-state index in [0.717, 1.165) is 17.9 Å². The van der Waals surface area contributed by atoms with Crippen LogP contribution in [0.5, 0.6) is 5.75 Å². The van der Waals surface area contributed by atoms with E-state index >= 15 is 0 Å². The van der Waals surface area contributed by atoms with Crippen LogP contribution >= 0.6 is 11.6 Å². The number of hydrogen-bond donors (Lipinski definition) is 1. The van der Waals surface area contributed by atoms with E-state index in [-0.39, 0.29) is 0 Å². The molecule has 4 nitrogen and oxygen atoms in total. The average Bonchev–Trinajstić information content (AvgIpc) is 2.75. The first-order chi connectivity index (χ1) is 8.28. The average molecular weight is 253 g/mol. The molecule has 0 spiro atoms. The van der Waals surface area contributed by atoms with Crippen LogP contribution in [0, 0.1) is 0 Å². The summed E-state index contributed by atoms with van der Waals surface area (Å²) >= 11 is 5.80. The van der Waals surface area contributed by atoms with E-state index in [1.807, 2.05) is 13.1 Å². The van der Waals surface area contributed by atoms with Crippen molar-refractivity contribution in [2.75, 3.05) is 7.05 Å². The van der Waals surface area contributed by atoms with Gasteiger partial charge in [-0.1, -0.05) is 11.6 Å². The number of pyridine rings is 1. The fraction of sp³-hybridized carbons (Fsp3) is 0.250. The Bertz CT molecular complexity index is 485. The van der Waals surface area contributed by atoms with E-state index < -0.39 is 0 Å². The van der Waals surface area contributed by atoms with Crippen LogP contribution in [-0.4, -0.2) is 12.0 Å². The first-order valence-corrected chi connectivity index (χ1v) is 5.60. The van der Waals surface area contributed by atoms with E-state index in [1.54, 1.807) is 24.7 Å². The number of aromatic nitrogens is 1. The molecule has 90 valence electrons. The highest BCUT2D eigenvalue weighted by Gasteiger charge is 2.03. The van der Waals surface area contributed by atoms with E-state index in [4.69, 9.17) is 20.8 Å². The summed E-state index contributed by atoms with van der Waals surface area (Å²) in [6, 6.07) is 3.67. The van der Waals surface area contributed by atoms with Crippen LogP contribution in [0.25, 0.3) is 0 Å². The van der Waals surface area contributed by atoms with Gasteiger partial charge < -0.3 is 14.5 Å². The molecule has 0 aliphatic rings. The minimum Gasteiger partial charge on any atom is -0.484 e. The highest BCUT2D eigenvalue weighted by molar-refractivity contribution is 6.30. The van der Waals surface area contributed by atoms with Crippen molar-refractivity contribution in [3.05, 3.63) is 47.1 Å². The summed E-state index contributed by atoms with van der Waals surface area (Å²) in [7, 11) is 1.89. The van der Waals surface area contributed by atoms with Crippen LogP contribution in [0.2, 0.25) is 5.02 Å². The Morgan fingerprint density at radius 2 is 2.29 bits per heavy atom. The molecule has 1 N–H and O–H groups in total. The Hall–Kier alpha value is -1.52. The van der Waals surface area contributed by atoms with Crippen LogP contribution in [0.1, 0.15) is 11.3 Å². The number of nitrogens with one attached hydrogen (secondary N) is 1. The van der Waals surface area contributed by atoms with Crippen LogP contribution in [0.4, 0.5) is 0 Å². The van der Waals surface area contributed by atoms with Gasteiger partial charge in [-0.05, 0) is 13.1 Å². The van der Waals surface area contributed by atoms with Crippen LogP contribution in [-0.2, 0) is 13.2 Å². The number of nitrogens with zero attached hydrogens (tertiary/aromatic N) is 1.